The lowest BCUT2D eigenvalue weighted by molar-refractivity contribution is -0.380. The maximum absolute atomic E-state index is 10.0. The van der Waals surface area contributed by atoms with Gasteiger partial charge in [0.15, 0.2) is 6.29 Å². The highest BCUT2D eigenvalue weighted by molar-refractivity contribution is 7.80. The van der Waals surface area contributed by atoms with Crippen molar-refractivity contribution < 1.29 is 50.0 Å². The first-order valence-corrected chi connectivity index (χ1v) is 7.68. The highest BCUT2D eigenvalue weighted by atomic mass is 32.1. The molecule has 0 radical (unpaired) electrons. The fourth-order valence-electron chi connectivity index (χ4n) is 2.63. The van der Waals surface area contributed by atoms with E-state index in [-0.39, 0.29) is 5.75 Å². The number of ether oxygens (including phenoxy) is 3. The van der Waals surface area contributed by atoms with Gasteiger partial charge in [-0.2, -0.15) is 12.6 Å². The maximum atomic E-state index is 10.0. The van der Waals surface area contributed by atoms with Gasteiger partial charge in [0, 0.05) is 5.75 Å². The zero-order valence-electron chi connectivity index (χ0n) is 12.0. The first-order valence-electron chi connectivity index (χ1n) is 7.05. The molecule has 0 aromatic carbocycles. The van der Waals surface area contributed by atoms with Crippen molar-refractivity contribution in [3.63, 3.8) is 0 Å². The molecule has 2 heterocycles. The van der Waals surface area contributed by atoms with E-state index in [1.807, 2.05) is 0 Å². The molecule has 2 aliphatic rings. The van der Waals surface area contributed by atoms with Gasteiger partial charge >= 0.3 is 0 Å². The second-order valence-corrected chi connectivity index (χ2v) is 5.92. The van der Waals surface area contributed by atoms with E-state index in [0.29, 0.717) is 0 Å². The molecule has 0 aromatic heterocycles. The van der Waals surface area contributed by atoms with Crippen molar-refractivity contribution in [3.8, 4) is 0 Å². The average Bonchev–Trinajstić information content (AvgIpc) is 2.80. The Kier molecular flexibility index (Phi) is 6.25. The summed E-state index contributed by atoms with van der Waals surface area (Å²) in [5, 5.41) is 67.9. The van der Waals surface area contributed by atoms with E-state index in [0.717, 1.165) is 0 Å². The summed E-state index contributed by atoms with van der Waals surface area (Å²) >= 11 is 3.95. The minimum atomic E-state index is -2.17. The number of thiol groups is 1. The minimum Gasteiger partial charge on any atom is -0.394 e. The highest BCUT2D eigenvalue weighted by Gasteiger charge is 2.58. The number of rotatable bonds is 5. The van der Waals surface area contributed by atoms with Crippen LogP contribution in [0.25, 0.3) is 0 Å². The van der Waals surface area contributed by atoms with E-state index in [9.17, 15) is 30.6 Å². The summed E-state index contributed by atoms with van der Waals surface area (Å²) in [6, 6.07) is 0. The molecule has 0 amide bonds. The van der Waals surface area contributed by atoms with Crippen LogP contribution in [0.15, 0.2) is 0 Å². The van der Waals surface area contributed by atoms with E-state index in [2.05, 4.69) is 12.6 Å². The summed E-state index contributed by atoms with van der Waals surface area (Å²) in [6.07, 6.45) is -11.8. The molecule has 0 bridgehead atoms. The molecule has 2 saturated heterocycles. The summed E-state index contributed by atoms with van der Waals surface area (Å²) in [6.45, 7) is -1.56. The summed E-state index contributed by atoms with van der Waals surface area (Å²) < 4.78 is 15.7. The standard InChI is InChI=1S/C12H22O10S/c13-1-4-7(16)10(19)12(3-14,21-4)22-11-9(18)8(17)6(15)5(2-23)20-11/h4-11,13-19,23H,1-3H2/t4-,5-,6-,7+,8+,9-,10+,11-,12-/m1/s1. The van der Waals surface area contributed by atoms with Crippen molar-refractivity contribution in [1.82, 2.24) is 0 Å². The molecule has 2 fully saturated rings. The molecule has 0 saturated carbocycles. The largest absolute Gasteiger partial charge is 0.394 e. The quantitative estimate of drug-likeness (QED) is 0.224. The van der Waals surface area contributed by atoms with Crippen molar-refractivity contribution >= 4 is 12.6 Å². The predicted molar refractivity (Wildman–Crippen MR) is 75.4 cm³/mol. The summed E-state index contributed by atoms with van der Waals surface area (Å²) in [5.74, 6) is -2.16. The van der Waals surface area contributed by atoms with Crippen LogP contribution in [0.3, 0.4) is 0 Å². The monoisotopic (exact) mass is 358 g/mol. The van der Waals surface area contributed by atoms with E-state index in [1.165, 1.54) is 0 Å². The fourth-order valence-corrected chi connectivity index (χ4v) is 2.93. The Bertz CT molecular complexity index is 398. The Balaban J connectivity index is 2.18. The van der Waals surface area contributed by atoms with Gasteiger partial charge < -0.3 is 50.0 Å². The molecule has 9 atom stereocenters. The molecular formula is C12H22O10S. The van der Waals surface area contributed by atoms with Crippen LogP contribution in [0.4, 0.5) is 0 Å². The van der Waals surface area contributed by atoms with Gasteiger partial charge in [0.05, 0.1) is 12.7 Å². The topological polar surface area (TPSA) is 169 Å². The Hall–Kier alpha value is -0.0500. The molecule has 2 rings (SSSR count). The van der Waals surface area contributed by atoms with E-state index in [4.69, 9.17) is 19.3 Å². The number of hydrogen-bond acceptors (Lipinski definition) is 11. The van der Waals surface area contributed by atoms with Crippen LogP contribution in [-0.4, -0.2) is 110 Å². The first-order chi connectivity index (χ1) is 10.8. The Morgan fingerprint density at radius 3 is 2.04 bits per heavy atom. The predicted octanol–water partition coefficient (Wildman–Crippen LogP) is -4.46. The molecule has 0 aliphatic carbocycles. The first kappa shape index (κ1) is 19.3. The minimum absolute atomic E-state index is 0.00221. The third-order valence-electron chi connectivity index (χ3n) is 4.07. The highest BCUT2D eigenvalue weighted by Crippen LogP contribution is 2.35. The van der Waals surface area contributed by atoms with Gasteiger partial charge in [0.2, 0.25) is 5.79 Å². The van der Waals surface area contributed by atoms with Crippen LogP contribution in [0, 0.1) is 0 Å². The Morgan fingerprint density at radius 1 is 0.913 bits per heavy atom. The molecule has 11 heteroatoms. The molecule has 2 aliphatic heterocycles. The third kappa shape index (κ3) is 3.37. The van der Waals surface area contributed by atoms with Gasteiger partial charge in [0.1, 0.15) is 43.2 Å². The Morgan fingerprint density at radius 2 is 1.57 bits per heavy atom. The van der Waals surface area contributed by atoms with Crippen LogP contribution in [0.1, 0.15) is 0 Å². The van der Waals surface area contributed by atoms with Gasteiger partial charge in [-0.05, 0) is 0 Å². The normalized spacial score (nSPS) is 51.1. The van der Waals surface area contributed by atoms with Crippen LogP contribution in [0.2, 0.25) is 0 Å². The fraction of sp³-hybridized carbons (Fsp3) is 1.00. The smallest absolute Gasteiger partial charge is 0.224 e. The molecule has 23 heavy (non-hydrogen) atoms. The van der Waals surface area contributed by atoms with Crippen molar-refractivity contribution in [1.29, 1.82) is 0 Å². The lowest BCUT2D eigenvalue weighted by atomic mass is 9.99. The molecule has 0 aromatic rings. The van der Waals surface area contributed by atoms with Crippen molar-refractivity contribution in [2.24, 2.45) is 0 Å². The zero-order chi connectivity index (χ0) is 17.4. The van der Waals surface area contributed by atoms with Crippen molar-refractivity contribution in [2.45, 2.75) is 54.8 Å². The Labute approximate surface area is 137 Å². The second kappa shape index (κ2) is 7.45. The SMILES string of the molecule is OC[C@H]1O[C@](CO)(O[C@H]2O[C@H](CS)[C@@H](O)[C@H](O)[C@H]2O)[C@@H](O)[C@H]1O. The molecule has 136 valence electrons. The lowest BCUT2D eigenvalue weighted by Crippen LogP contribution is -2.62. The van der Waals surface area contributed by atoms with Crippen LogP contribution < -0.4 is 0 Å². The molecular weight excluding hydrogens is 336 g/mol. The number of aliphatic hydroxyl groups excluding tert-OH is 7. The van der Waals surface area contributed by atoms with Gasteiger partial charge in [-0.3, -0.25) is 0 Å². The van der Waals surface area contributed by atoms with Gasteiger partial charge in [0.25, 0.3) is 0 Å². The van der Waals surface area contributed by atoms with Crippen LogP contribution in [-0.2, 0) is 14.2 Å². The van der Waals surface area contributed by atoms with Gasteiger partial charge in [-0.25, -0.2) is 0 Å². The molecule has 7 N–H and O–H groups in total. The van der Waals surface area contributed by atoms with Crippen LogP contribution >= 0.6 is 12.6 Å². The van der Waals surface area contributed by atoms with Crippen molar-refractivity contribution in [3.05, 3.63) is 0 Å². The molecule has 0 spiro atoms. The lowest BCUT2D eigenvalue weighted by Gasteiger charge is -2.43. The van der Waals surface area contributed by atoms with Gasteiger partial charge in [-0.1, -0.05) is 0 Å². The number of hydrogen-bond donors (Lipinski definition) is 8. The second-order valence-electron chi connectivity index (χ2n) is 5.56. The van der Waals surface area contributed by atoms with E-state index in [1.54, 1.807) is 0 Å². The summed E-state index contributed by atoms with van der Waals surface area (Å²) in [4.78, 5) is 0. The van der Waals surface area contributed by atoms with E-state index < -0.39 is 68.0 Å². The molecule has 10 nitrogen and oxygen atoms in total. The number of aliphatic hydroxyl groups is 7. The van der Waals surface area contributed by atoms with E-state index >= 15 is 0 Å². The summed E-state index contributed by atoms with van der Waals surface area (Å²) in [5.41, 5.74) is 0. The summed E-state index contributed by atoms with van der Waals surface area (Å²) in [7, 11) is 0. The third-order valence-corrected chi connectivity index (χ3v) is 4.43. The average molecular weight is 358 g/mol. The van der Waals surface area contributed by atoms with Crippen molar-refractivity contribution in [2.75, 3.05) is 19.0 Å². The van der Waals surface area contributed by atoms with Gasteiger partial charge in [-0.15, -0.1) is 0 Å². The van der Waals surface area contributed by atoms with Crippen LogP contribution in [0.5, 0.6) is 0 Å². The maximum Gasteiger partial charge on any atom is 0.224 e. The molecule has 0 unspecified atom stereocenters. The zero-order valence-corrected chi connectivity index (χ0v) is 12.9.